The number of amides is 2. The zero-order valence-electron chi connectivity index (χ0n) is 20.6. The smallest absolute Gasteiger partial charge is 0.243 e. The van der Waals surface area contributed by atoms with Crippen LogP contribution < -0.4 is 5.32 Å². The Balaban J connectivity index is 1.60. The summed E-state index contributed by atoms with van der Waals surface area (Å²) in [7, 11) is 0. The summed E-state index contributed by atoms with van der Waals surface area (Å²) in [5, 5.41) is 27.7. The molecule has 3 N–H and O–H groups in total. The van der Waals surface area contributed by atoms with Gasteiger partial charge in [0.25, 0.3) is 0 Å². The summed E-state index contributed by atoms with van der Waals surface area (Å²) in [6.07, 6.45) is 4.66. The average Bonchev–Trinajstić information content (AvgIpc) is 3.60. The van der Waals surface area contributed by atoms with Gasteiger partial charge in [0.05, 0.1) is 30.1 Å². The SMILES string of the molecule is CCn1nccc1-c1ccc(C(CO)NC(=O)C2CC(O)CN2C(=O)C(C)C(C)C)c2nccn12. The summed E-state index contributed by atoms with van der Waals surface area (Å²) >= 11 is 0. The van der Waals surface area contributed by atoms with Crippen molar-refractivity contribution in [3.63, 3.8) is 0 Å². The molecule has 0 saturated carbocycles. The first-order valence-corrected chi connectivity index (χ1v) is 12.1. The van der Waals surface area contributed by atoms with Crippen molar-refractivity contribution in [3.05, 3.63) is 42.4 Å². The maximum atomic E-state index is 13.3. The van der Waals surface area contributed by atoms with E-state index in [0.717, 1.165) is 11.4 Å². The molecule has 4 unspecified atom stereocenters. The third-order valence-corrected chi connectivity index (χ3v) is 6.99. The number of rotatable bonds is 8. The predicted molar refractivity (Wildman–Crippen MR) is 130 cm³/mol. The standard InChI is InChI=1S/C25H34N6O4/c1-5-31-21(8-9-27-31)20-7-6-18(23-26-10-11-29(20)23)19(14-32)28-24(34)22-12-17(33)13-30(22)25(35)16(4)15(2)3/h6-11,15-17,19,22,32-33H,5,12-14H2,1-4H3,(H,28,34). The molecular formula is C25H34N6O4. The van der Waals surface area contributed by atoms with Crippen molar-refractivity contribution in [2.75, 3.05) is 13.2 Å². The largest absolute Gasteiger partial charge is 0.394 e. The molecule has 1 saturated heterocycles. The van der Waals surface area contributed by atoms with E-state index >= 15 is 0 Å². The van der Waals surface area contributed by atoms with Crippen molar-refractivity contribution in [1.29, 1.82) is 0 Å². The van der Waals surface area contributed by atoms with Crippen molar-refractivity contribution >= 4 is 17.5 Å². The lowest BCUT2D eigenvalue weighted by Crippen LogP contribution is -2.49. The zero-order valence-corrected chi connectivity index (χ0v) is 20.6. The van der Waals surface area contributed by atoms with Crippen LogP contribution in [0.5, 0.6) is 0 Å². The van der Waals surface area contributed by atoms with E-state index < -0.39 is 24.1 Å². The summed E-state index contributed by atoms with van der Waals surface area (Å²) in [4.78, 5) is 32.2. The Hall–Kier alpha value is -3.24. The average molecular weight is 483 g/mol. The topological polar surface area (TPSA) is 125 Å². The van der Waals surface area contributed by atoms with Crippen LogP contribution >= 0.6 is 0 Å². The quantitative estimate of drug-likeness (QED) is 0.448. The van der Waals surface area contributed by atoms with Gasteiger partial charge in [-0.2, -0.15) is 5.10 Å². The van der Waals surface area contributed by atoms with Crippen molar-refractivity contribution < 1.29 is 19.8 Å². The third kappa shape index (κ3) is 4.68. The summed E-state index contributed by atoms with van der Waals surface area (Å²) in [6, 6.07) is 4.18. The lowest BCUT2D eigenvalue weighted by molar-refractivity contribution is -0.142. The summed E-state index contributed by atoms with van der Waals surface area (Å²) in [6.45, 7) is 8.27. The third-order valence-electron chi connectivity index (χ3n) is 6.99. The molecule has 0 spiro atoms. The van der Waals surface area contributed by atoms with Gasteiger partial charge in [0, 0.05) is 49.6 Å². The number of aliphatic hydroxyl groups excluding tert-OH is 2. The van der Waals surface area contributed by atoms with Gasteiger partial charge >= 0.3 is 0 Å². The zero-order chi connectivity index (χ0) is 25.3. The van der Waals surface area contributed by atoms with E-state index in [0.29, 0.717) is 17.8 Å². The van der Waals surface area contributed by atoms with Crippen LogP contribution in [0.3, 0.4) is 0 Å². The Kier molecular flexibility index (Phi) is 7.23. The lowest BCUT2D eigenvalue weighted by atomic mass is 9.96. The normalized spacial score (nSPS) is 19.9. The van der Waals surface area contributed by atoms with Crippen LogP contribution in [0.15, 0.2) is 36.8 Å². The number of aliphatic hydroxyl groups is 2. The minimum atomic E-state index is -0.790. The fourth-order valence-electron chi connectivity index (χ4n) is 4.66. The Morgan fingerprint density at radius 1 is 1.17 bits per heavy atom. The van der Waals surface area contributed by atoms with E-state index in [9.17, 15) is 19.8 Å². The molecule has 35 heavy (non-hydrogen) atoms. The van der Waals surface area contributed by atoms with Crippen molar-refractivity contribution in [1.82, 2.24) is 29.4 Å². The van der Waals surface area contributed by atoms with Crippen LogP contribution in [0, 0.1) is 11.8 Å². The highest BCUT2D eigenvalue weighted by atomic mass is 16.3. The highest BCUT2D eigenvalue weighted by Crippen LogP contribution is 2.28. The summed E-state index contributed by atoms with van der Waals surface area (Å²) in [5.74, 6) is -0.698. The van der Waals surface area contributed by atoms with Gasteiger partial charge < -0.3 is 20.4 Å². The molecule has 3 aromatic rings. The van der Waals surface area contributed by atoms with E-state index in [-0.39, 0.29) is 37.3 Å². The second-order valence-corrected chi connectivity index (χ2v) is 9.50. The highest BCUT2D eigenvalue weighted by Gasteiger charge is 2.41. The monoisotopic (exact) mass is 482 g/mol. The van der Waals surface area contributed by atoms with Crippen LogP contribution in [-0.2, 0) is 16.1 Å². The number of hydrogen-bond acceptors (Lipinski definition) is 6. The number of β-amino-alcohol motifs (C(OH)–C–C–N with tert-alkyl or cyclic N) is 1. The van der Waals surface area contributed by atoms with Crippen molar-refractivity contribution in [2.45, 2.75) is 58.8 Å². The molecule has 0 aliphatic carbocycles. The first kappa shape index (κ1) is 24.9. The number of likely N-dealkylation sites (tertiary alicyclic amines) is 1. The lowest BCUT2D eigenvalue weighted by Gasteiger charge is -2.29. The van der Waals surface area contributed by atoms with E-state index in [1.54, 1.807) is 12.4 Å². The predicted octanol–water partition coefficient (Wildman–Crippen LogP) is 1.62. The fourth-order valence-corrected chi connectivity index (χ4v) is 4.66. The van der Waals surface area contributed by atoms with Gasteiger partial charge in [-0.05, 0) is 25.0 Å². The molecule has 2 amide bonds. The molecule has 10 nitrogen and oxygen atoms in total. The number of carbonyl (C=O) groups is 2. The summed E-state index contributed by atoms with van der Waals surface area (Å²) < 4.78 is 3.79. The molecule has 4 rings (SSSR count). The number of aromatic nitrogens is 4. The van der Waals surface area contributed by atoms with Crippen LogP contribution in [-0.4, -0.2) is 71.4 Å². The summed E-state index contributed by atoms with van der Waals surface area (Å²) in [5.41, 5.74) is 3.09. The maximum absolute atomic E-state index is 13.3. The van der Waals surface area contributed by atoms with Gasteiger partial charge in [-0.15, -0.1) is 0 Å². The van der Waals surface area contributed by atoms with E-state index in [1.165, 1.54) is 4.90 Å². The van der Waals surface area contributed by atoms with Crippen LogP contribution in [0.25, 0.3) is 17.0 Å². The first-order valence-electron chi connectivity index (χ1n) is 12.1. The van der Waals surface area contributed by atoms with E-state index in [2.05, 4.69) is 15.4 Å². The number of pyridine rings is 1. The van der Waals surface area contributed by atoms with Gasteiger partial charge in [-0.3, -0.25) is 18.7 Å². The van der Waals surface area contributed by atoms with Crippen molar-refractivity contribution in [3.8, 4) is 11.4 Å². The fraction of sp³-hybridized carbons (Fsp3) is 0.520. The molecule has 10 heteroatoms. The van der Waals surface area contributed by atoms with E-state index in [4.69, 9.17) is 0 Å². The molecule has 1 aliphatic rings. The highest BCUT2D eigenvalue weighted by molar-refractivity contribution is 5.89. The molecule has 188 valence electrons. The molecule has 0 bridgehead atoms. The maximum Gasteiger partial charge on any atom is 0.243 e. The molecule has 3 aromatic heterocycles. The van der Waals surface area contributed by atoms with Crippen LogP contribution in [0.4, 0.5) is 0 Å². The number of nitrogens with zero attached hydrogens (tertiary/aromatic N) is 5. The molecule has 1 fully saturated rings. The number of hydrogen-bond donors (Lipinski definition) is 3. The second kappa shape index (κ2) is 10.2. The van der Waals surface area contributed by atoms with Crippen LogP contribution in [0.2, 0.25) is 0 Å². The molecule has 4 atom stereocenters. The number of imidazole rings is 1. The van der Waals surface area contributed by atoms with Crippen LogP contribution in [0.1, 0.15) is 45.7 Å². The van der Waals surface area contributed by atoms with Gasteiger partial charge in [0.2, 0.25) is 11.8 Å². The Morgan fingerprint density at radius 2 is 1.94 bits per heavy atom. The Morgan fingerprint density at radius 3 is 2.63 bits per heavy atom. The van der Waals surface area contributed by atoms with Gasteiger partial charge in [-0.1, -0.05) is 26.8 Å². The van der Waals surface area contributed by atoms with Gasteiger partial charge in [0.1, 0.15) is 11.7 Å². The number of aryl methyl sites for hydroxylation is 1. The van der Waals surface area contributed by atoms with E-state index in [1.807, 2.05) is 61.2 Å². The Labute approximate surface area is 204 Å². The van der Waals surface area contributed by atoms with Gasteiger partial charge in [-0.25, -0.2) is 4.98 Å². The second-order valence-electron chi connectivity index (χ2n) is 9.50. The molecule has 0 radical (unpaired) electrons. The van der Waals surface area contributed by atoms with Crippen molar-refractivity contribution in [2.24, 2.45) is 11.8 Å². The van der Waals surface area contributed by atoms with Gasteiger partial charge in [0.15, 0.2) is 0 Å². The molecule has 0 aromatic carbocycles. The number of fused-ring (bicyclic) bond motifs is 1. The molecular weight excluding hydrogens is 448 g/mol. The minimum Gasteiger partial charge on any atom is -0.394 e. The number of nitrogens with one attached hydrogen (secondary N) is 1. The molecule has 1 aliphatic heterocycles. The molecule has 4 heterocycles. The minimum absolute atomic E-state index is 0.116. The Bertz CT molecular complexity index is 1200. The number of carbonyl (C=O) groups excluding carboxylic acids is 2. The first-order chi connectivity index (χ1) is 16.8.